The molecule has 2 nitrogen and oxygen atoms in total. The van der Waals surface area contributed by atoms with Crippen LogP contribution in [-0.2, 0) is 6.42 Å². The number of nitrogens with one attached hydrogen (secondary N) is 2. The maximum absolute atomic E-state index is 3.43. The molecule has 2 aromatic carbocycles. The van der Waals surface area contributed by atoms with Gasteiger partial charge in [-0.15, -0.1) is 0 Å². The molecule has 0 spiro atoms. The molecule has 0 aliphatic rings. The predicted molar refractivity (Wildman–Crippen MR) is 78.2 cm³/mol. The Bertz CT molecular complexity index is 819. The van der Waals surface area contributed by atoms with Gasteiger partial charge in [0.15, 0.2) is 0 Å². The van der Waals surface area contributed by atoms with Crippen molar-refractivity contribution in [2.75, 3.05) is 0 Å². The topological polar surface area (TPSA) is 31.6 Å². The number of fused-ring (bicyclic) bond motifs is 2. The molecule has 91 valence electrons. The van der Waals surface area contributed by atoms with Gasteiger partial charge in [0.25, 0.3) is 0 Å². The molecule has 0 amide bonds. The van der Waals surface area contributed by atoms with Crippen molar-refractivity contribution < 1.29 is 0 Å². The Labute approximate surface area is 111 Å². The van der Waals surface area contributed by atoms with Gasteiger partial charge < -0.3 is 9.97 Å². The molecule has 1 radical (unpaired) electrons. The second-order valence-corrected chi connectivity index (χ2v) is 4.81. The van der Waals surface area contributed by atoms with Crippen molar-refractivity contribution in [1.29, 1.82) is 0 Å². The summed E-state index contributed by atoms with van der Waals surface area (Å²) in [6.07, 6.45) is 2.96. The van der Waals surface area contributed by atoms with Crippen LogP contribution in [0.15, 0.2) is 54.7 Å². The minimum absolute atomic E-state index is 0.874. The SMILES string of the molecule is [c]1c(Cc2c[nH]c3ccccc23)[nH]c2ccccc12. The molecule has 0 saturated carbocycles. The van der Waals surface area contributed by atoms with Crippen LogP contribution in [0.25, 0.3) is 21.8 Å². The van der Waals surface area contributed by atoms with Crippen LogP contribution in [0.4, 0.5) is 0 Å². The Kier molecular flexibility index (Phi) is 2.21. The molecule has 0 bridgehead atoms. The largest absolute Gasteiger partial charge is 0.361 e. The monoisotopic (exact) mass is 245 g/mol. The minimum atomic E-state index is 0.874. The number of benzene rings is 2. The number of aromatic nitrogens is 2. The highest BCUT2D eigenvalue weighted by atomic mass is 14.7. The van der Waals surface area contributed by atoms with Gasteiger partial charge >= 0.3 is 0 Å². The van der Waals surface area contributed by atoms with Crippen LogP contribution in [0, 0.1) is 6.07 Å². The quantitative estimate of drug-likeness (QED) is 0.534. The van der Waals surface area contributed by atoms with Crippen molar-refractivity contribution in [2.45, 2.75) is 6.42 Å². The van der Waals surface area contributed by atoms with Crippen molar-refractivity contribution in [3.05, 3.63) is 72.1 Å². The standard InChI is InChI=1S/C17H13N2/c1-3-7-16-12(5-1)9-14(19-16)10-13-11-18-17-8-4-2-6-15(13)17/h1-8,11,18-19H,10H2. The lowest BCUT2D eigenvalue weighted by Crippen LogP contribution is -1.86. The predicted octanol–water partition coefficient (Wildman–Crippen LogP) is 4.04. The fourth-order valence-electron chi connectivity index (χ4n) is 2.61. The summed E-state index contributed by atoms with van der Waals surface area (Å²) in [5.74, 6) is 0. The lowest BCUT2D eigenvalue weighted by atomic mass is 10.1. The van der Waals surface area contributed by atoms with E-state index in [-0.39, 0.29) is 0 Å². The Morgan fingerprint density at radius 2 is 1.68 bits per heavy atom. The van der Waals surface area contributed by atoms with E-state index in [2.05, 4.69) is 58.6 Å². The van der Waals surface area contributed by atoms with Crippen molar-refractivity contribution in [1.82, 2.24) is 9.97 Å². The van der Waals surface area contributed by atoms with Gasteiger partial charge in [-0.05, 0) is 17.7 Å². The maximum Gasteiger partial charge on any atom is 0.0462 e. The zero-order chi connectivity index (χ0) is 12.7. The van der Waals surface area contributed by atoms with E-state index in [0.29, 0.717) is 0 Å². The van der Waals surface area contributed by atoms with E-state index < -0.39 is 0 Å². The molecule has 2 heterocycles. The third-order valence-electron chi connectivity index (χ3n) is 3.54. The normalized spacial score (nSPS) is 11.4. The van der Waals surface area contributed by atoms with Gasteiger partial charge in [-0.3, -0.25) is 0 Å². The number of aromatic amines is 2. The molecule has 2 aromatic heterocycles. The summed E-state index contributed by atoms with van der Waals surface area (Å²) >= 11 is 0. The highest BCUT2D eigenvalue weighted by Crippen LogP contribution is 2.22. The fourth-order valence-corrected chi connectivity index (χ4v) is 2.61. The Morgan fingerprint density at radius 3 is 2.58 bits per heavy atom. The van der Waals surface area contributed by atoms with Crippen molar-refractivity contribution in [3.8, 4) is 0 Å². The molecule has 0 fully saturated rings. The lowest BCUT2D eigenvalue weighted by molar-refractivity contribution is 1.13. The van der Waals surface area contributed by atoms with E-state index in [9.17, 15) is 0 Å². The van der Waals surface area contributed by atoms with Gasteiger partial charge in [0, 0.05) is 46.2 Å². The lowest BCUT2D eigenvalue weighted by Gasteiger charge is -1.96. The average Bonchev–Trinajstić information content (AvgIpc) is 3.03. The number of H-pyrrole nitrogens is 2. The average molecular weight is 245 g/mol. The van der Waals surface area contributed by atoms with Crippen LogP contribution in [0.3, 0.4) is 0 Å². The van der Waals surface area contributed by atoms with Gasteiger partial charge in [0.05, 0.1) is 0 Å². The van der Waals surface area contributed by atoms with Crippen molar-refractivity contribution in [2.24, 2.45) is 0 Å². The summed E-state index contributed by atoms with van der Waals surface area (Å²) < 4.78 is 0. The van der Waals surface area contributed by atoms with Crippen LogP contribution in [0.1, 0.15) is 11.3 Å². The summed E-state index contributed by atoms with van der Waals surface area (Å²) in [5, 5.41) is 2.44. The smallest absolute Gasteiger partial charge is 0.0462 e. The van der Waals surface area contributed by atoms with Gasteiger partial charge in [-0.25, -0.2) is 0 Å². The molecule has 0 aliphatic heterocycles. The second kappa shape index (κ2) is 4.02. The number of hydrogen-bond donors (Lipinski definition) is 2. The van der Waals surface area contributed by atoms with E-state index in [1.165, 1.54) is 16.5 Å². The summed E-state index contributed by atoms with van der Waals surface area (Å²) in [6.45, 7) is 0. The summed E-state index contributed by atoms with van der Waals surface area (Å²) in [5.41, 5.74) is 4.77. The molecule has 19 heavy (non-hydrogen) atoms. The van der Waals surface area contributed by atoms with Gasteiger partial charge in [0.1, 0.15) is 0 Å². The molecular formula is C17H13N2. The highest BCUT2D eigenvalue weighted by molar-refractivity contribution is 5.84. The second-order valence-electron chi connectivity index (χ2n) is 4.81. The number of para-hydroxylation sites is 2. The number of hydrogen-bond acceptors (Lipinski definition) is 0. The summed E-state index contributed by atoms with van der Waals surface area (Å²) in [7, 11) is 0. The summed E-state index contributed by atoms with van der Waals surface area (Å²) in [4.78, 5) is 6.74. The van der Waals surface area contributed by atoms with Crippen LogP contribution < -0.4 is 0 Å². The summed E-state index contributed by atoms with van der Waals surface area (Å²) in [6, 6.07) is 20.1. The third kappa shape index (κ3) is 1.73. The van der Waals surface area contributed by atoms with Gasteiger partial charge in [0.2, 0.25) is 0 Å². The highest BCUT2D eigenvalue weighted by Gasteiger charge is 2.06. The molecule has 0 unspecified atom stereocenters. The molecule has 0 aliphatic carbocycles. The Hall–Kier alpha value is -2.48. The van der Waals surface area contributed by atoms with Crippen LogP contribution in [0.5, 0.6) is 0 Å². The van der Waals surface area contributed by atoms with E-state index in [0.717, 1.165) is 23.0 Å². The molecular weight excluding hydrogens is 232 g/mol. The first-order chi connectivity index (χ1) is 9.40. The van der Waals surface area contributed by atoms with E-state index in [1.54, 1.807) is 0 Å². The molecule has 0 atom stereocenters. The van der Waals surface area contributed by atoms with Crippen molar-refractivity contribution in [3.63, 3.8) is 0 Å². The molecule has 2 heteroatoms. The van der Waals surface area contributed by atoms with E-state index in [4.69, 9.17) is 0 Å². The maximum atomic E-state index is 3.43. The Morgan fingerprint density at radius 1 is 0.895 bits per heavy atom. The zero-order valence-corrected chi connectivity index (χ0v) is 10.4. The van der Waals surface area contributed by atoms with Crippen molar-refractivity contribution >= 4 is 21.8 Å². The molecule has 4 rings (SSSR count). The third-order valence-corrected chi connectivity index (χ3v) is 3.54. The van der Waals surface area contributed by atoms with Crippen LogP contribution in [0.2, 0.25) is 0 Å². The first-order valence-corrected chi connectivity index (χ1v) is 6.44. The zero-order valence-electron chi connectivity index (χ0n) is 10.4. The van der Waals surface area contributed by atoms with Gasteiger partial charge in [-0.1, -0.05) is 36.4 Å². The first-order valence-electron chi connectivity index (χ1n) is 6.44. The minimum Gasteiger partial charge on any atom is -0.361 e. The molecule has 0 saturated heterocycles. The molecule has 4 aromatic rings. The first kappa shape index (κ1) is 10.4. The van der Waals surface area contributed by atoms with Gasteiger partial charge in [-0.2, -0.15) is 0 Å². The van der Waals surface area contributed by atoms with E-state index >= 15 is 0 Å². The van der Waals surface area contributed by atoms with Crippen LogP contribution >= 0.6 is 0 Å². The molecule has 2 N–H and O–H groups in total. The Balaban J connectivity index is 1.78. The van der Waals surface area contributed by atoms with E-state index in [1.807, 2.05) is 12.1 Å². The number of rotatable bonds is 2. The fraction of sp³-hybridized carbons (Fsp3) is 0.0588. The van der Waals surface area contributed by atoms with Crippen LogP contribution in [-0.4, -0.2) is 9.97 Å².